The number of aromatic nitrogens is 2. The Balaban J connectivity index is 1.86. The Morgan fingerprint density at radius 3 is 2.61 bits per heavy atom. The van der Waals surface area contributed by atoms with Crippen LogP contribution in [0.4, 0.5) is 5.69 Å². The average Bonchev–Trinajstić information content (AvgIpc) is 2.73. The molecule has 33 heavy (non-hydrogen) atoms. The first-order chi connectivity index (χ1) is 15.7. The van der Waals surface area contributed by atoms with Crippen LogP contribution in [0.3, 0.4) is 0 Å². The predicted molar refractivity (Wildman–Crippen MR) is 128 cm³/mol. The topological polar surface area (TPSA) is 128 Å². The molecule has 0 aliphatic heterocycles. The molecule has 0 aliphatic carbocycles. The highest BCUT2D eigenvalue weighted by Gasteiger charge is 2.21. The van der Waals surface area contributed by atoms with Gasteiger partial charge in [-0.05, 0) is 64.3 Å². The summed E-state index contributed by atoms with van der Waals surface area (Å²) in [4.78, 5) is 27.5. The van der Waals surface area contributed by atoms with Gasteiger partial charge in [-0.25, -0.2) is 0 Å². The first-order valence-electron chi connectivity index (χ1n) is 9.38. The van der Waals surface area contributed by atoms with E-state index in [9.17, 15) is 20.0 Å². The van der Waals surface area contributed by atoms with Crippen LogP contribution in [0.15, 0.2) is 39.6 Å². The van der Waals surface area contributed by atoms with Gasteiger partial charge in [0, 0.05) is 0 Å². The van der Waals surface area contributed by atoms with Crippen molar-refractivity contribution in [3.63, 3.8) is 0 Å². The van der Waals surface area contributed by atoms with Gasteiger partial charge in [-0.1, -0.05) is 35.3 Å². The highest BCUT2D eigenvalue weighted by Crippen LogP contribution is 2.38. The lowest BCUT2D eigenvalue weighted by molar-refractivity contribution is -0.387. The molecular formula is C21H16BrCl2N3O6. The fourth-order valence-corrected chi connectivity index (χ4v) is 3.66. The van der Waals surface area contributed by atoms with Crippen molar-refractivity contribution < 1.29 is 19.5 Å². The molecule has 0 radical (unpaired) electrons. The lowest BCUT2D eigenvalue weighted by atomic mass is 10.2. The lowest BCUT2D eigenvalue weighted by Crippen LogP contribution is -2.14. The Kier molecular flexibility index (Phi) is 7.96. The molecule has 3 rings (SSSR count). The maximum absolute atomic E-state index is 11.8. The van der Waals surface area contributed by atoms with Crippen molar-refractivity contribution in [1.29, 1.82) is 0 Å². The molecule has 1 heterocycles. The van der Waals surface area contributed by atoms with Crippen LogP contribution in [0, 0.1) is 10.1 Å². The molecule has 0 saturated carbocycles. The maximum Gasteiger partial charge on any atom is 0.395 e. The van der Waals surface area contributed by atoms with Crippen molar-refractivity contribution in [1.82, 2.24) is 9.97 Å². The molecule has 172 valence electrons. The van der Waals surface area contributed by atoms with Gasteiger partial charge in [0.25, 0.3) is 5.88 Å². The molecule has 0 aliphatic rings. The zero-order valence-electron chi connectivity index (χ0n) is 17.0. The molecule has 0 amide bonds. The number of aromatic hydroxyl groups is 1. The Labute approximate surface area is 205 Å². The second kappa shape index (κ2) is 10.7. The Bertz CT molecular complexity index is 1300. The van der Waals surface area contributed by atoms with Crippen LogP contribution in [-0.2, 0) is 6.61 Å². The zero-order chi connectivity index (χ0) is 24.1. The van der Waals surface area contributed by atoms with Crippen molar-refractivity contribution in [2.24, 2.45) is 0 Å². The van der Waals surface area contributed by atoms with Gasteiger partial charge in [-0.15, -0.1) is 0 Å². The van der Waals surface area contributed by atoms with Crippen LogP contribution in [-0.4, -0.2) is 26.6 Å². The molecular weight excluding hydrogens is 541 g/mol. The predicted octanol–water partition coefficient (Wildman–Crippen LogP) is 5.60. The molecule has 12 heteroatoms. The highest BCUT2D eigenvalue weighted by molar-refractivity contribution is 9.10. The fourth-order valence-electron chi connectivity index (χ4n) is 2.76. The lowest BCUT2D eigenvalue weighted by Gasteiger charge is -2.15. The molecule has 0 saturated heterocycles. The van der Waals surface area contributed by atoms with Crippen LogP contribution >= 0.6 is 39.1 Å². The molecule has 9 nitrogen and oxygen atoms in total. The number of halogens is 3. The zero-order valence-corrected chi connectivity index (χ0v) is 20.1. The normalized spacial score (nSPS) is 11.0. The molecule has 1 aromatic heterocycles. The largest absolute Gasteiger partial charge is 0.490 e. The summed E-state index contributed by atoms with van der Waals surface area (Å²) in [5, 5.41) is 21.3. The molecule has 2 aromatic carbocycles. The molecule has 0 bridgehead atoms. The molecule has 0 unspecified atom stereocenters. The maximum atomic E-state index is 11.8. The molecule has 0 spiro atoms. The summed E-state index contributed by atoms with van der Waals surface area (Å²) in [5.74, 6) is -0.0954. The smallest absolute Gasteiger partial charge is 0.395 e. The Morgan fingerprint density at radius 2 is 1.97 bits per heavy atom. The quantitative estimate of drug-likeness (QED) is 0.273. The van der Waals surface area contributed by atoms with E-state index in [1.165, 1.54) is 6.08 Å². The van der Waals surface area contributed by atoms with Gasteiger partial charge < -0.3 is 19.6 Å². The second-order valence-electron chi connectivity index (χ2n) is 6.51. The van der Waals surface area contributed by atoms with Crippen molar-refractivity contribution in [2.45, 2.75) is 13.5 Å². The number of ether oxygens (including phenoxy) is 2. The third-order valence-electron chi connectivity index (χ3n) is 4.21. The van der Waals surface area contributed by atoms with Crippen molar-refractivity contribution in [3.05, 3.63) is 82.3 Å². The minimum Gasteiger partial charge on any atom is -0.490 e. The van der Waals surface area contributed by atoms with E-state index in [2.05, 4.69) is 25.9 Å². The van der Waals surface area contributed by atoms with Crippen LogP contribution < -0.4 is 15.0 Å². The van der Waals surface area contributed by atoms with Crippen molar-refractivity contribution >= 4 is 57.0 Å². The van der Waals surface area contributed by atoms with Gasteiger partial charge in [0.1, 0.15) is 12.4 Å². The number of aromatic amines is 1. The number of nitrogens with zero attached hydrogens (tertiary/aromatic N) is 2. The number of rotatable bonds is 8. The summed E-state index contributed by atoms with van der Waals surface area (Å²) >= 11 is 15.5. The van der Waals surface area contributed by atoms with E-state index in [-0.39, 0.29) is 12.4 Å². The molecule has 0 atom stereocenters. The van der Waals surface area contributed by atoms with Gasteiger partial charge in [-0.3, -0.25) is 14.9 Å². The van der Waals surface area contributed by atoms with E-state index in [1.807, 2.05) is 6.92 Å². The van der Waals surface area contributed by atoms with Gasteiger partial charge >= 0.3 is 11.2 Å². The van der Waals surface area contributed by atoms with E-state index in [0.29, 0.717) is 38.2 Å². The van der Waals surface area contributed by atoms with E-state index < -0.39 is 22.0 Å². The third-order valence-corrected chi connectivity index (χ3v) is 5.54. The average molecular weight is 557 g/mol. The van der Waals surface area contributed by atoms with E-state index in [0.717, 1.165) is 5.56 Å². The van der Waals surface area contributed by atoms with Gasteiger partial charge in [0.2, 0.25) is 0 Å². The van der Waals surface area contributed by atoms with Crippen LogP contribution in [0.2, 0.25) is 10.0 Å². The minimum atomic E-state index is -1.06. The van der Waals surface area contributed by atoms with Gasteiger partial charge in [0.05, 0.1) is 26.0 Å². The van der Waals surface area contributed by atoms with Gasteiger partial charge in [0.15, 0.2) is 11.5 Å². The molecule has 3 aromatic rings. The molecule has 0 fully saturated rings. The summed E-state index contributed by atoms with van der Waals surface area (Å²) in [5.41, 5.74) is -0.616. The summed E-state index contributed by atoms with van der Waals surface area (Å²) in [6, 6.07) is 8.64. The summed E-state index contributed by atoms with van der Waals surface area (Å²) in [6.45, 7) is 2.43. The van der Waals surface area contributed by atoms with Crippen LogP contribution in [0.5, 0.6) is 17.4 Å². The summed E-state index contributed by atoms with van der Waals surface area (Å²) in [6.07, 6.45) is 2.97. The van der Waals surface area contributed by atoms with Crippen molar-refractivity contribution in [2.75, 3.05) is 6.61 Å². The summed E-state index contributed by atoms with van der Waals surface area (Å²) in [7, 11) is 0. The van der Waals surface area contributed by atoms with Gasteiger partial charge in [-0.2, -0.15) is 4.98 Å². The van der Waals surface area contributed by atoms with Crippen LogP contribution in [0.1, 0.15) is 23.9 Å². The SMILES string of the molecule is CCOc1cc(/C=C\c2nc(O)c([N+](=O)[O-])c(=O)[nH]2)cc(Br)c1OCc1ccc(Cl)c(Cl)c1. The monoisotopic (exact) mass is 555 g/mol. The first-order valence-corrected chi connectivity index (χ1v) is 10.9. The minimum absolute atomic E-state index is 0.0582. The first kappa shape index (κ1) is 24.6. The highest BCUT2D eigenvalue weighted by atomic mass is 79.9. The van der Waals surface area contributed by atoms with Crippen LogP contribution in [0.25, 0.3) is 12.2 Å². The summed E-state index contributed by atoms with van der Waals surface area (Å²) < 4.78 is 12.2. The Morgan fingerprint density at radius 1 is 1.21 bits per heavy atom. The second-order valence-corrected chi connectivity index (χ2v) is 8.18. The third kappa shape index (κ3) is 6.04. The standard InChI is InChI=1S/C21H16BrCl2N3O6/c1-2-32-16-9-11(4-6-17-25-20(28)18(27(30)31)21(29)26-17)7-13(22)19(16)33-10-12-3-5-14(23)15(24)8-12/h3-9H,2,10H2,1H3,(H2,25,26,28,29)/b6-4-. The number of H-pyrrole nitrogens is 1. The number of hydrogen-bond acceptors (Lipinski definition) is 7. The number of hydrogen-bond donors (Lipinski definition) is 2. The van der Waals surface area contributed by atoms with Crippen molar-refractivity contribution in [3.8, 4) is 17.4 Å². The molecule has 2 N–H and O–H groups in total. The number of benzene rings is 2. The number of nitro groups is 1. The van der Waals surface area contributed by atoms with E-state index >= 15 is 0 Å². The van der Waals surface area contributed by atoms with E-state index in [1.54, 1.807) is 36.4 Å². The fraction of sp³-hybridized carbons (Fsp3) is 0.143. The Hall–Kier alpha value is -3.08. The number of nitrogens with one attached hydrogen (secondary N) is 1. The van der Waals surface area contributed by atoms with E-state index in [4.69, 9.17) is 32.7 Å².